The van der Waals surface area contributed by atoms with Crippen molar-refractivity contribution in [3.05, 3.63) is 59.2 Å². The van der Waals surface area contributed by atoms with Gasteiger partial charge in [0, 0.05) is 23.4 Å². The summed E-state index contributed by atoms with van der Waals surface area (Å²) in [5.74, 6) is -2.36. The largest absolute Gasteiger partial charge is 0.507 e. The molecule has 0 heterocycles. The van der Waals surface area contributed by atoms with Gasteiger partial charge in [0.1, 0.15) is 11.3 Å². The lowest BCUT2D eigenvalue weighted by Crippen LogP contribution is -2.26. The van der Waals surface area contributed by atoms with E-state index in [-0.39, 0.29) is 47.7 Å². The first-order valence-electron chi connectivity index (χ1n) is 10.1. The van der Waals surface area contributed by atoms with E-state index in [1.807, 2.05) is 0 Å². The van der Waals surface area contributed by atoms with Gasteiger partial charge in [0.25, 0.3) is 11.8 Å². The fraction of sp³-hybridized carbons (Fsp3) is 0.318. The second-order valence-electron chi connectivity index (χ2n) is 6.92. The molecule has 11 heteroatoms. The Balaban J connectivity index is 0.00000512. The van der Waals surface area contributed by atoms with Gasteiger partial charge in [-0.25, -0.2) is 4.79 Å². The van der Waals surface area contributed by atoms with E-state index in [1.165, 1.54) is 30.3 Å². The Bertz CT molecular complexity index is 910. The van der Waals surface area contributed by atoms with Crippen molar-refractivity contribution in [2.75, 3.05) is 31.5 Å². The third-order valence-electron chi connectivity index (χ3n) is 4.52. The monoisotopic (exact) mass is 500 g/mol. The van der Waals surface area contributed by atoms with Crippen molar-refractivity contribution >= 4 is 48.3 Å². The van der Waals surface area contributed by atoms with Gasteiger partial charge >= 0.3 is 5.97 Å². The molecule has 2 amide bonds. The van der Waals surface area contributed by atoms with Gasteiger partial charge < -0.3 is 31.9 Å². The van der Waals surface area contributed by atoms with Crippen molar-refractivity contribution in [3.63, 3.8) is 0 Å². The summed E-state index contributed by atoms with van der Waals surface area (Å²) in [5, 5.41) is 27.3. The van der Waals surface area contributed by atoms with Crippen LogP contribution >= 0.6 is 24.8 Å². The standard InChI is InChI=1S/C22H28N4O5.2ClH/c23-10-3-12-24-11-1-2-13-25-20(28)15-4-6-16(7-5-15)21(29)26-17-8-9-19(27)18(14-17)22(30)31;;/h4-9,14,24,27H,1-3,10-13,23H2,(H,25,28)(H,26,29)(H,30,31);2*1H. The van der Waals surface area contributed by atoms with Crippen molar-refractivity contribution in [2.24, 2.45) is 5.73 Å². The number of benzene rings is 2. The first kappa shape index (κ1) is 30.1. The minimum absolute atomic E-state index is 0. The number of amides is 2. The Morgan fingerprint density at radius 1 is 0.818 bits per heavy atom. The number of aromatic carboxylic acids is 1. The lowest BCUT2D eigenvalue weighted by Gasteiger charge is -2.09. The Kier molecular flexibility index (Phi) is 14.5. The van der Waals surface area contributed by atoms with E-state index < -0.39 is 11.9 Å². The van der Waals surface area contributed by atoms with Crippen LogP contribution in [0.3, 0.4) is 0 Å². The summed E-state index contributed by atoms with van der Waals surface area (Å²) in [7, 11) is 0. The molecule has 0 aliphatic rings. The summed E-state index contributed by atoms with van der Waals surface area (Å²) in [5.41, 5.74) is 6.10. The van der Waals surface area contributed by atoms with Gasteiger partial charge in [-0.1, -0.05) is 0 Å². The summed E-state index contributed by atoms with van der Waals surface area (Å²) >= 11 is 0. The zero-order valence-electron chi connectivity index (χ0n) is 18.0. The average Bonchev–Trinajstić information content (AvgIpc) is 2.76. The van der Waals surface area contributed by atoms with E-state index in [0.717, 1.165) is 32.4 Å². The summed E-state index contributed by atoms with van der Waals surface area (Å²) in [6.07, 6.45) is 2.75. The molecule has 2 aromatic carbocycles. The molecule has 9 nitrogen and oxygen atoms in total. The molecule has 2 aromatic rings. The van der Waals surface area contributed by atoms with Gasteiger partial charge in [-0.2, -0.15) is 0 Å². The average molecular weight is 501 g/mol. The maximum absolute atomic E-state index is 12.4. The number of rotatable bonds is 12. The predicted molar refractivity (Wildman–Crippen MR) is 132 cm³/mol. The van der Waals surface area contributed by atoms with Crippen LogP contribution in [0.1, 0.15) is 50.3 Å². The van der Waals surface area contributed by atoms with Crippen molar-refractivity contribution < 1.29 is 24.6 Å². The number of nitrogens with two attached hydrogens (primary N) is 1. The molecular weight excluding hydrogens is 471 g/mol. The molecule has 0 fully saturated rings. The fourth-order valence-corrected chi connectivity index (χ4v) is 2.79. The maximum Gasteiger partial charge on any atom is 0.339 e. The highest BCUT2D eigenvalue weighted by atomic mass is 35.5. The number of halogens is 2. The Morgan fingerprint density at radius 3 is 2.00 bits per heavy atom. The quantitative estimate of drug-likeness (QED) is 0.193. The van der Waals surface area contributed by atoms with Crippen LogP contribution in [0, 0.1) is 0 Å². The molecule has 182 valence electrons. The van der Waals surface area contributed by atoms with E-state index >= 15 is 0 Å². The molecule has 0 aliphatic carbocycles. The summed E-state index contributed by atoms with van der Waals surface area (Å²) in [4.78, 5) is 35.6. The summed E-state index contributed by atoms with van der Waals surface area (Å²) in [6.45, 7) is 3.02. The van der Waals surface area contributed by atoms with Gasteiger partial charge in [0.2, 0.25) is 0 Å². The molecule has 2 rings (SSSR count). The molecule has 0 spiro atoms. The molecule has 33 heavy (non-hydrogen) atoms. The molecular formula is C22H30Cl2N4O5. The number of nitrogens with one attached hydrogen (secondary N) is 3. The second-order valence-corrected chi connectivity index (χ2v) is 6.92. The number of carboxylic acids is 1. The van der Waals surface area contributed by atoms with E-state index in [4.69, 9.17) is 10.8 Å². The Hall–Kier alpha value is -2.85. The van der Waals surface area contributed by atoms with Gasteiger partial charge in [0.15, 0.2) is 0 Å². The SMILES string of the molecule is Cl.Cl.NCCCNCCCCNC(=O)c1ccc(C(=O)Nc2ccc(O)c(C(=O)O)c2)cc1. The number of hydrogen-bond donors (Lipinski definition) is 6. The zero-order valence-corrected chi connectivity index (χ0v) is 19.6. The highest BCUT2D eigenvalue weighted by Crippen LogP contribution is 2.22. The van der Waals surface area contributed by atoms with Crippen LogP contribution in [-0.2, 0) is 0 Å². The van der Waals surface area contributed by atoms with Crippen molar-refractivity contribution in [1.82, 2.24) is 10.6 Å². The predicted octanol–water partition coefficient (Wildman–Crippen LogP) is 2.63. The molecule has 7 N–H and O–H groups in total. The topological polar surface area (TPSA) is 154 Å². The van der Waals surface area contributed by atoms with Gasteiger partial charge in [-0.05, 0) is 81.4 Å². The molecule has 0 saturated heterocycles. The molecule has 0 aromatic heterocycles. The van der Waals surface area contributed by atoms with Crippen LogP contribution < -0.4 is 21.7 Å². The summed E-state index contributed by atoms with van der Waals surface area (Å²) < 4.78 is 0. The third-order valence-corrected chi connectivity index (χ3v) is 4.52. The Labute approximate surface area is 205 Å². The number of phenols is 1. The number of carbonyl (C=O) groups excluding carboxylic acids is 2. The molecule has 0 atom stereocenters. The van der Waals surface area contributed by atoms with E-state index in [0.29, 0.717) is 24.2 Å². The number of hydrogen-bond acceptors (Lipinski definition) is 6. The fourth-order valence-electron chi connectivity index (χ4n) is 2.79. The molecule has 0 aliphatic heterocycles. The second kappa shape index (κ2) is 15.9. The molecule has 0 unspecified atom stereocenters. The minimum atomic E-state index is -1.30. The number of unbranched alkanes of at least 4 members (excludes halogenated alkanes) is 1. The van der Waals surface area contributed by atoms with Gasteiger partial charge in [-0.3, -0.25) is 9.59 Å². The van der Waals surface area contributed by atoms with Crippen molar-refractivity contribution in [1.29, 1.82) is 0 Å². The van der Waals surface area contributed by atoms with E-state index in [2.05, 4.69) is 16.0 Å². The lowest BCUT2D eigenvalue weighted by molar-refractivity contribution is 0.0693. The van der Waals surface area contributed by atoms with Crippen molar-refractivity contribution in [3.8, 4) is 5.75 Å². The summed E-state index contributed by atoms with van der Waals surface area (Å²) in [6, 6.07) is 9.91. The minimum Gasteiger partial charge on any atom is -0.507 e. The number of anilines is 1. The normalized spacial score (nSPS) is 9.85. The van der Waals surface area contributed by atoms with Crippen LogP contribution in [0.5, 0.6) is 5.75 Å². The van der Waals surface area contributed by atoms with Crippen LogP contribution in [-0.4, -0.2) is 54.2 Å². The smallest absolute Gasteiger partial charge is 0.339 e. The molecule has 0 bridgehead atoms. The van der Waals surface area contributed by atoms with Crippen LogP contribution in [0.2, 0.25) is 0 Å². The maximum atomic E-state index is 12.4. The Morgan fingerprint density at radius 2 is 1.39 bits per heavy atom. The van der Waals surface area contributed by atoms with Gasteiger partial charge in [0.05, 0.1) is 0 Å². The number of carbonyl (C=O) groups is 3. The zero-order chi connectivity index (χ0) is 22.6. The van der Waals surface area contributed by atoms with E-state index in [1.54, 1.807) is 12.1 Å². The van der Waals surface area contributed by atoms with Crippen molar-refractivity contribution in [2.45, 2.75) is 19.3 Å². The van der Waals surface area contributed by atoms with Crippen LogP contribution in [0.4, 0.5) is 5.69 Å². The number of aromatic hydroxyl groups is 1. The highest BCUT2D eigenvalue weighted by molar-refractivity contribution is 6.05. The third kappa shape index (κ3) is 10.1. The van der Waals surface area contributed by atoms with E-state index in [9.17, 15) is 19.5 Å². The first-order valence-corrected chi connectivity index (χ1v) is 10.1. The highest BCUT2D eigenvalue weighted by Gasteiger charge is 2.13. The van der Waals surface area contributed by atoms with Crippen LogP contribution in [0.15, 0.2) is 42.5 Å². The van der Waals surface area contributed by atoms with Crippen LogP contribution in [0.25, 0.3) is 0 Å². The number of carboxylic acid groups (broad SMARTS) is 1. The molecule has 0 radical (unpaired) electrons. The first-order chi connectivity index (χ1) is 14.9. The molecule has 0 saturated carbocycles. The lowest BCUT2D eigenvalue weighted by atomic mass is 10.1. The van der Waals surface area contributed by atoms with Gasteiger partial charge in [-0.15, -0.1) is 24.8 Å².